The molecule has 1 N–H and O–H groups in total. The fourth-order valence-corrected chi connectivity index (χ4v) is 4.28. The number of fused-ring (bicyclic) bond motifs is 2. The maximum atomic E-state index is 11.5. The molecule has 0 amide bonds. The van der Waals surface area contributed by atoms with Crippen LogP contribution in [0.5, 0.6) is 0 Å². The lowest BCUT2D eigenvalue weighted by molar-refractivity contribution is 0.0696. The number of carboxylic acid groups (broad SMARTS) is 1. The first-order valence-corrected chi connectivity index (χ1v) is 10.8. The molecule has 1 aliphatic carbocycles. The van der Waals surface area contributed by atoms with E-state index in [1.54, 1.807) is 6.07 Å². The molecule has 0 fully saturated rings. The molecule has 2 aromatic carbocycles. The average molecular weight is 392 g/mol. The highest BCUT2D eigenvalue weighted by atomic mass is 16.4. The Bertz CT molecular complexity index is 895. The summed E-state index contributed by atoms with van der Waals surface area (Å²) in [6, 6.07) is 14.4. The number of hydrogen-bond donors (Lipinski definition) is 1. The first kappa shape index (κ1) is 21.3. The summed E-state index contributed by atoms with van der Waals surface area (Å²) in [6.07, 6.45) is 7.63. The maximum absolute atomic E-state index is 11.5. The molecular weight excluding hydrogens is 358 g/mol. The Kier molecular flexibility index (Phi) is 7.27. The molecule has 0 saturated carbocycles. The predicted molar refractivity (Wildman–Crippen MR) is 121 cm³/mol. The quantitative estimate of drug-likeness (QED) is 0.577. The first-order valence-electron chi connectivity index (χ1n) is 10.8. The van der Waals surface area contributed by atoms with Gasteiger partial charge in [-0.25, -0.2) is 4.79 Å². The van der Waals surface area contributed by atoms with Crippen molar-refractivity contribution in [3.63, 3.8) is 0 Å². The van der Waals surface area contributed by atoms with Crippen LogP contribution in [0.15, 0.2) is 48.0 Å². The number of hydrogen-bond acceptors (Lipinski definition) is 2. The Hall–Kier alpha value is -2.39. The Labute approximate surface area is 175 Å². The van der Waals surface area contributed by atoms with Crippen molar-refractivity contribution in [1.82, 2.24) is 4.90 Å². The van der Waals surface area contributed by atoms with Crippen LogP contribution in [0.1, 0.15) is 71.6 Å². The molecule has 0 aliphatic heterocycles. The SMILES string of the molecule is CCCCC/C(CCN(C)C)=C1\c2ccccc2CCc2cc(C(=O)O)ccc21. The van der Waals surface area contributed by atoms with Gasteiger partial charge in [0, 0.05) is 6.54 Å². The van der Waals surface area contributed by atoms with Crippen molar-refractivity contribution in [2.75, 3.05) is 20.6 Å². The lowest BCUT2D eigenvalue weighted by atomic mass is 9.86. The number of carbonyl (C=O) groups is 1. The summed E-state index contributed by atoms with van der Waals surface area (Å²) in [6.45, 7) is 3.27. The van der Waals surface area contributed by atoms with Crippen molar-refractivity contribution in [3.05, 3.63) is 75.9 Å². The van der Waals surface area contributed by atoms with E-state index in [-0.39, 0.29) is 0 Å². The van der Waals surface area contributed by atoms with Gasteiger partial charge in [0.1, 0.15) is 0 Å². The molecule has 3 heteroatoms. The molecular formula is C26H33NO2. The third kappa shape index (κ3) is 5.16. The standard InChI is InChI=1S/C26H33NO2/c1-4-5-6-10-20(16-17-27(2)3)25-23-11-8-7-9-19(23)12-13-21-18-22(26(28)29)14-15-24(21)25/h7-9,11,14-15,18H,4-6,10,12-13,16-17H2,1-3H3,(H,28,29)/b25-20-. The summed E-state index contributed by atoms with van der Waals surface area (Å²) in [5, 5.41) is 9.48. The number of unbranched alkanes of at least 4 members (excludes halogenated alkanes) is 2. The van der Waals surface area contributed by atoms with Crippen LogP contribution in [0.25, 0.3) is 5.57 Å². The number of carboxylic acids is 1. The van der Waals surface area contributed by atoms with Gasteiger partial charge in [0.25, 0.3) is 0 Å². The molecule has 0 saturated heterocycles. The second kappa shape index (κ2) is 9.89. The highest BCUT2D eigenvalue weighted by molar-refractivity contribution is 5.91. The highest BCUT2D eigenvalue weighted by Crippen LogP contribution is 2.38. The molecule has 154 valence electrons. The van der Waals surface area contributed by atoms with Crippen LogP contribution >= 0.6 is 0 Å². The van der Waals surface area contributed by atoms with Crippen LogP contribution in [-0.4, -0.2) is 36.6 Å². The Balaban J connectivity index is 2.18. The second-order valence-corrected chi connectivity index (χ2v) is 8.32. The number of aryl methyl sites for hydroxylation is 2. The number of aromatic carboxylic acids is 1. The lowest BCUT2D eigenvalue weighted by Gasteiger charge is -2.20. The zero-order valence-electron chi connectivity index (χ0n) is 18.0. The van der Waals surface area contributed by atoms with Crippen molar-refractivity contribution in [2.45, 2.75) is 51.9 Å². The minimum Gasteiger partial charge on any atom is -0.478 e. The molecule has 0 radical (unpaired) electrons. The molecule has 1 aliphatic rings. The van der Waals surface area contributed by atoms with Gasteiger partial charge in [-0.3, -0.25) is 0 Å². The van der Waals surface area contributed by atoms with E-state index in [9.17, 15) is 9.90 Å². The number of rotatable bonds is 8. The topological polar surface area (TPSA) is 40.5 Å². The van der Waals surface area contributed by atoms with E-state index >= 15 is 0 Å². The van der Waals surface area contributed by atoms with Crippen LogP contribution in [0.2, 0.25) is 0 Å². The molecule has 0 bridgehead atoms. The summed E-state index contributed by atoms with van der Waals surface area (Å²) >= 11 is 0. The lowest BCUT2D eigenvalue weighted by Crippen LogP contribution is -2.14. The van der Waals surface area contributed by atoms with Gasteiger partial charge < -0.3 is 10.0 Å². The second-order valence-electron chi connectivity index (χ2n) is 8.32. The van der Waals surface area contributed by atoms with E-state index in [4.69, 9.17) is 0 Å². The summed E-state index contributed by atoms with van der Waals surface area (Å²) in [4.78, 5) is 13.8. The van der Waals surface area contributed by atoms with Crippen molar-refractivity contribution in [1.29, 1.82) is 0 Å². The van der Waals surface area contributed by atoms with Gasteiger partial charge in [0.15, 0.2) is 0 Å². The molecule has 3 nitrogen and oxygen atoms in total. The molecule has 0 heterocycles. The van der Waals surface area contributed by atoms with Crippen LogP contribution in [-0.2, 0) is 12.8 Å². The third-order valence-corrected chi connectivity index (χ3v) is 5.87. The largest absolute Gasteiger partial charge is 0.478 e. The zero-order chi connectivity index (χ0) is 20.8. The normalized spacial score (nSPS) is 14.9. The zero-order valence-corrected chi connectivity index (χ0v) is 18.0. The summed E-state index contributed by atoms with van der Waals surface area (Å²) in [5.74, 6) is -0.851. The molecule has 2 aromatic rings. The van der Waals surface area contributed by atoms with E-state index < -0.39 is 5.97 Å². The maximum Gasteiger partial charge on any atom is 0.335 e. The monoisotopic (exact) mass is 391 g/mol. The molecule has 0 aromatic heterocycles. The first-order chi connectivity index (χ1) is 14.0. The van der Waals surface area contributed by atoms with Crippen LogP contribution in [0.4, 0.5) is 0 Å². The predicted octanol–water partition coefficient (Wildman–Crippen LogP) is 5.82. The summed E-state index contributed by atoms with van der Waals surface area (Å²) in [7, 11) is 4.25. The summed E-state index contributed by atoms with van der Waals surface area (Å²) < 4.78 is 0. The third-order valence-electron chi connectivity index (χ3n) is 5.87. The van der Waals surface area contributed by atoms with E-state index in [0.717, 1.165) is 37.8 Å². The van der Waals surface area contributed by atoms with Crippen molar-refractivity contribution >= 4 is 11.5 Å². The van der Waals surface area contributed by atoms with Crippen LogP contribution < -0.4 is 0 Å². The Morgan fingerprint density at radius 3 is 2.41 bits per heavy atom. The van der Waals surface area contributed by atoms with E-state index in [1.807, 2.05) is 12.1 Å². The molecule has 0 spiro atoms. The fraction of sp³-hybridized carbons (Fsp3) is 0.423. The van der Waals surface area contributed by atoms with E-state index in [1.165, 1.54) is 47.1 Å². The van der Waals surface area contributed by atoms with Crippen LogP contribution in [0.3, 0.4) is 0 Å². The van der Waals surface area contributed by atoms with Crippen molar-refractivity contribution in [2.24, 2.45) is 0 Å². The average Bonchev–Trinajstić information content (AvgIpc) is 2.87. The van der Waals surface area contributed by atoms with Gasteiger partial charge in [-0.05, 0) is 86.2 Å². The van der Waals surface area contributed by atoms with Gasteiger partial charge in [0.2, 0.25) is 0 Å². The molecule has 0 atom stereocenters. The summed E-state index contributed by atoms with van der Waals surface area (Å²) in [5.41, 5.74) is 8.33. The minimum atomic E-state index is -0.851. The molecule has 29 heavy (non-hydrogen) atoms. The minimum absolute atomic E-state index is 0.384. The van der Waals surface area contributed by atoms with Crippen molar-refractivity contribution in [3.8, 4) is 0 Å². The fourth-order valence-electron chi connectivity index (χ4n) is 4.28. The molecule has 3 rings (SSSR count). The Morgan fingerprint density at radius 2 is 1.69 bits per heavy atom. The van der Waals surface area contributed by atoms with Gasteiger partial charge in [-0.15, -0.1) is 0 Å². The number of benzene rings is 2. The van der Waals surface area contributed by atoms with Gasteiger partial charge in [0.05, 0.1) is 5.56 Å². The smallest absolute Gasteiger partial charge is 0.335 e. The Morgan fingerprint density at radius 1 is 0.966 bits per heavy atom. The number of nitrogens with zero attached hydrogens (tertiary/aromatic N) is 1. The van der Waals surface area contributed by atoms with Gasteiger partial charge in [-0.2, -0.15) is 0 Å². The van der Waals surface area contributed by atoms with E-state index in [0.29, 0.717) is 5.56 Å². The highest BCUT2D eigenvalue weighted by Gasteiger charge is 2.22. The van der Waals surface area contributed by atoms with E-state index in [2.05, 4.69) is 50.2 Å². The van der Waals surface area contributed by atoms with Crippen LogP contribution in [0, 0.1) is 0 Å². The van der Waals surface area contributed by atoms with Crippen molar-refractivity contribution < 1.29 is 9.90 Å². The molecule has 0 unspecified atom stereocenters. The van der Waals surface area contributed by atoms with Gasteiger partial charge >= 0.3 is 5.97 Å². The van der Waals surface area contributed by atoms with Gasteiger partial charge in [-0.1, -0.05) is 55.7 Å².